The Labute approximate surface area is 281 Å². The lowest BCUT2D eigenvalue weighted by atomic mass is 9.73. The Morgan fingerprint density at radius 2 is 1.89 bits per heavy atom. The van der Waals surface area contributed by atoms with Crippen molar-refractivity contribution in [3.05, 3.63) is 103 Å². The lowest BCUT2D eigenvalue weighted by Crippen LogP contribution is -2.56. The number of carbonyl (C=O) groups excluding carboxylic acids is 2. The van der Waals surface area contributed by atoms with Gasteiger partial charge in [0.1, 0.15) is 11.4 Å². The molecule has 0 unspecified atom stereocenters. The summed E-state index contributed by atoms with van der Waals surface area (Å²) in [6, 6.07) is 12.1. The van der Waals surface area contributed by atoms with Crippen molar-refractivity contribution in [3.8, 4) is 0 Å². The van der Waals surface area contributed by atoms with E-state index in [1.54, 1.807) is 30.3 Å². The number of fused-ring (bicyclic) bond motifs is 2. The van der Waals surface area contributed by atoms with E-state index in [0.717, 1.165) is 18.9 Å². The van der Waals surface area contributed by atoms with Crippen molar-refractivity contribution >= 4 is 46.5 Å². The number of nitrogens with zero attached hydrogens (tertiary/aromatic N) is 2. The third-order valence-corrected chi connectivity index (χ3v) is 10.9. The second-order valence-electron chi connectivity index (χ2n) is 12.8. The minimum Gasteiger partial charge on any atom is -0.465 e. The molecule has 0 aromatic heterocycles. The monoisotopic (exact) mass is 684 g/mol. The van der Waals surface area contributed by atoms with E-state index >= 15 is 4.39 Å². The average molecular weight is 686 g/mol. The fraction of sp³-hybridized carbons (Fsp3) is 0.412. The lowest BCUT2D eigenvalue weighted by molar-refractivity contribution is -0.385. The fourth-order valence-electron chi connectivity index (χ4n) is 8.13. The number of halogens is 3. The van der Waals surface area contributed by atoms with E-state index < -0.39 is 46.9 Å². The molecule has 6 rings (SSSR count). The van der Waals surface area contributed by atoms with E-state index in [1.165, 1.54) is 25.3 Å². The van der Waals surface area contributed by atoms with Gasteiger partial charge in [-0.2, -0.15) is 0 Å². The first kappa shape index (κ1) is 33.3. The molecule has 2 fully saturated rings. The van der Waals surface area contributed by atoms with Crippen LogP contribution in [-0.4, -0.2) is 58.6 Å². The molecule has 13 heteroatoms. The van der Waals surface area contributed by atoms with Gasteiger partial charge in [0.05, 0.1) is 35.3 Å². The molecule has 1 aliphatic carbocycles. The Kier molecular flexibility index (Phi) is 9.05. The van der Waals surface area contributed by atoms with Crippen LogP contribution >= 0.6 is 23.2 Å². The molecule has 3 aromatic rings. The maximum Gasteiger partial charge on any atom is 0.338 e. The third-order valence-electron chi connectivity index (χ3n) is 10.4. The van der Waals surface area contributed by atoms with Crippen LogP contribution in [-0.2, 0) is 21.6 Å². The standard InChI is InChI=1S/C34H35Cl2FN4O6/c1-17-11-22(12-18(17)2)40-28(16-42)31(38-15-20-8-7-19(32(43)47-3)13-27(20)41(45)46)29(23-5-4-6-25(36)30(23)37)34(40)24-10-9-21(35)14-26(24)39-33(34)44/h4-10,13-14,17-18,22,28-29,31,38,42H,11-12,15-16H2,1-3H3,(H,39,44)/t17-,18-,28-,29-,31+,34+/m0/s1. The van der Waals surface area contributed by atoms with Crippen LogP contribution < -0.4 is 10.6 Å². The Hall–Kier alpha value is -3.61. The zero-order chi connectivity index (χ0) is 33.8. The lowest BCUT2D eigenvalue weighted by Gasteiger charge is -2.43. The van der Waals surface area contributed by atoms with Crippen LogP contribution in [0.3, 0.4) is 0 Å². The minimum absolute atomic E-state index is 0.0171. The Morgan fingerprint density at radius 1 is 1.17 bits per heavy atom. The molecule has 10 nitrogen and oxygen atoms in total. The molecule has 6 atom stereocenters. The van der Waals surface area contributed by atoms with E-state index in [0.29, 0.717) is 28.1 Å². The Balaban J connectivity index is 1.55. The normalized spacial score (nSPS) is 27.3. The van der Waals surface area contributed by atoms with Gasteiger partial charge in [0.2, 0.25) is 5.91 Å². The quantitative estimate of drug-likeness (QED) is 0.149. The molecular formula is C34H35Cl2FN4O6. The molecule has 2 aliphatic heterocycles. The van der Waals surface area contributed by atoms with Gasteiger partial charge in [-0.05, 0) is 54.5 Å². The minimum atomic E-state index is -1.49. The predicted molar refractivity (Wildman–Crippen MR) is 175 cm³/mol. The van der Waals surface area contributed by atoms with Crippen molar-refractivity contribution in [2.45, 2.75) is 62.8 Å². The number of rotatable bonds is 8. The molecule has 3 aliphatic rings. The molecule has 1 saturated carbocycles. The molecule has 1 amide bonds. The summed E-state index contributed by atoms with van der Waals surface area (Å²) in [7, 11) is 1.19. The predicted octanol–water partition coefficient (Wildman–Crippen LogP) is 6.03. The summed E-state index contributed by atoms with van der Waals surface area (Å²) in [6.07, 6.45) is 1.49. The van der Waals surface area contributed by atoms with Crippen molar-refractivity contribution in [2.75, 3.05) is 19.0 Å². The van der Waals surface area contributed by atoms with Crippen LogP contribution in [0.4, 0.5) is 15.8 Å². The molecule has 47 heavy (non-hydrogen) atoms. The first-order valence-corrected chi connectivity index (χ1v) is 16.2. The van der Waals surface area contributed by atoms with Crippen molar-refractivity contribution < 1.29 is 28.7 Å². The number of benzene rings is 3. The van der Waals surface area contributed by atoms with Crippen molar-refractivity contribution in [1.82, 2.24) is 10.2 Å². The highest BCUT2D eigenvalue weighted by Gasteiger charge is 2.68. The topological polar surface area (TPSA) is 134 Å². The average Bonchev–Trinajstić information content (AvgIpc) is 3.64. The smallest absolute Gasteiger partial charge is 0.338 e. The number of amides is 1. The maximum atomic E-state index is 16.3. The zero-order valence-electron chi connectivity index (χ0n) is 26.0. The van der Waals surface area contributed by atoms with Gasteiger partial charge in [0, 0.05) is 52.4 Å². The van der Waals surface area contributed by atoms with Crippen LogP contribution in [0.1, 0.15) is 59.7 Å². The molecule has 2 heterocycles. The number of carbonyl (C=O) groups is 2. The van der Waals surface area contributed by atoms with Gasteiger partial charge in [0.15, 0.2) is 0 Å². The maximum absolute atomic E-state index is 16.3. The summed E-state index contributed by atoms with van der Waals surface area (Å²) >= 11 is 12.7. The van der Waals surface area contributed by atoms with Gasteiger partial charge in [-0.3, -0.25) is 19.8 Å². The highest BCUT2D eigenvalue weighted by atomic mass is 35.5. The van der Waals surface area contributed by atoms with Crippen molar-refractivity contribution in [3.63, 3.8) is 0 Å². The van der Waals surface area contributed by atoms with E-state index in [9.17, 15) is 24.8 Å². The van der Waals surface area contributed by atoms with E-state index in [-0.39, 0.29) is 45.9 Å². The first-order valence-electron chi connectivity index (χ1n) is 15.5. The van der Waals surface area contributed by atoms with E-state index in [4.69, 9.17) is 27.9 Å². The van der Waals surface area contributed by atoms with Crippen LogP contribution in [0, 0.1) is 27.8 Å². The number of aliphatic hydroxyl groups excluding tert-OH is 1. The summed E-state index contributed by atoms with van der Waals surface area (Å²) in [6.45, 7) is 3.83. The van der Waals surface area contributed by atoms with Crippen LogP contribution in [0.25, 0.3) is 0 Å². The summed E-state index contributed by atoms with van der Waals surface area (Å²) in [4.78, 5) is 40.3. The highest BCUT2D eigenvalue weighted by molar-refractivity contribution is 6.31. The van der Waals surface area contributed by atoms with Gasteiger partial charge in [-0.15, -0.1) is 0 Å². The van der Waals surface area contributed by atoms with Crippen molar-refractivity contribution in [2.24, 2.45) is 11.8 Å². The summed E-state index contributed by atoms with van der Waals surface area (Å²) in [5, 5.41) is 30.0. The van der Waals surface area contributed by atoms with Gasteiger partial charge in [-0.25, -0.2) is 9.18 Å². The second kappa shape index (κ2) is 12.8. The van der Waals surface area contributed by atoms with Gasteiger partial charge in [0.25, 0.3) is 5.69 Å². The Morgan fingerprint density at radius 3 is 2.55 bits per heavy atom. The van der Waals surface area contributed by atoms with Crippen LogP contribution in [0.15, 0.2) is 54.6 Å². The van der Waals surface area contributed by atoms with Crippen LogP contribution in [0.2, 0.25) is 10.0 Å². The molecule has 248 valence electrons. The number of nitrogens with one attached hydrogen (secondary N) is 2. The van der Waals surface area contributed by atoms with Crippen LogP contribution in [0.5, 0.6) is 0 Å². The number of anilines is 1. The summed E-state index contributed by atoms with van der Waals surface area (Å²) in [5.74, 6) is -2.09. The molecular weight excluding hydrogens is 650 g/mol. The summed E-state index contributed by atoms with van der Waals surface area (Å²) < 4.78 is 21.0. The van der Waals surface area contributed by atoms with E-state index in [2.05, 4.69) is 29.4 Å². The summed E-state index contributed by atoms with van der Waals surface area (Å²) in [5.41, 5.74) is -0.278. The number of nitro groups is 1. The third kappa shape index (κ3) is 5.38. The Bertz CT molecular complexity index is 1750. The zero-order valence-corrected chi connectivity index (χ0v) is 27.5. The number of hydrogen-bond donors (Lipinski definition) is 3. The number of esters is 1. The van der Waals surface area contributed by atoms with Gasteiger partial charge in [-0.1, -0.05) is 61.3 Å². The second-order valence-corrected chi connectivity index (χ2v) is 13.6. The molecule has 0 bridgehead atoms. The number of hydrogen-bond acceptors (Lipinski definition) is 8. The number of nitro benzene ring substituents is 1. The molecule has 0 radical (unpaired) electrons. The number of ether oxygens (including phenoxy) is 1. The van der Waals surface area contributed by atoms with E-state index in [1.807, 2.05) is 0 Å². The van der Waals surface area contributed by atoms with Gasteiger partial charge >= 0.3 is 5.97 Å². The SMILES string of the molecule is COC(=O)c1ccc(CN[C@@H]2[C@H](CO)N(C3C[C@H](C)[C@@H](C)C3)[C@@]3(C(=O)Nc4cc(Cl)ccc43)[C@H]2c2cccc(Cl)c2F)c([N+](=O)[O-])c1. The molecule has 1 spiro atoms. The highest BCUT2D eigenvalue weighted by Crippen LogP contribution is 2.60. The fourth-order valence-corrected chi connectivity index (χ4v) is 8.48. The van der Waals surface area contributed by atoms with Gasteiger partial charge < -0.3 is 20.5 Å². The number of methoxy groups -OCH3 is 1. The van der Waals surface area contributed by atoms with Crippen molar-refractivity contribution in [1.29, 1.82) is 0 Å². The molecule has 3 N–H and O–H groups in total. The molecule has 1 saturated heterocycles. The largest absolute Gasteiger partial charge is 0.465 e. The molecule has 3 aromatic carbocycles. The number of aliphatic hydroxyl groups is 1. The first-order chi connectivity index (χ1) is 22.4. The number of likely N-dealkylation sites (tertiary alicyclic amines) is 1.